The third kappa shape index (κ3) is 3.71. The van der Waals surface area contributed by atoms with Gasteiger partial charge in [0, 0.05) is 19.7 Å². The average Bonchev–Trinajstić information content (AvgIpc) is 2.63. The largest absolute Gasteiger partial charge is 0.494 e. The lowest BCUT2D eigenvalue weighted by atomic mass is 10.2. The molecule has 2 aromatic carbocycles. The van der Waals surface area contributed by atoms with E-state index in [1.807, 2.05) is 31.2 Å². The van der Waals surface area contributed by atoms with Gasteiger partial charge in [0.1, 0.15) is 11.3 Å². The molecule has 0 unspecified atom stereocenters. The first-order chi connectivity index (χ1) is 12.1. The van der Waals surface area contributed by atoms with Crippen LogP contribution in [0.5, 0.6) is 5.75 Å². The number of fused-ring (bicyclic) bond motifs is 1. The molecular weight excluding hydrogens is 318 g/mol. The van der Waals surface area contributed by atoms with Crippen molar-refractivity contribution in [3.05, 3.63) is 76.1 Å². The zero-order valence-corrected chi connectivity index (χ0v) is 14.2. The molecule has 0 spiro atoms. The molecule has 128 valence electrons. The monoisotopic (exact) mass is 337 g/mol. The fourth-order valence-electron chi connectivity index (χ4n) is 2.60. The Morgan fingerprint density at radius 2 is 1.84 bits per heavy atom. The number of nitrogens with zero attached hydrogens (tertiary/aromatic N) is 1. The second-order valence-corrected chi connectivity index (χ2v) is 5.71. The maximum atomic E-state index is 12.6. The fraction of sp³-hybridized carbons (Fsp3) is 0.200. The molecule has 0 radical (unpaired) electrons. The topological polar surface area (TPSA) is 59.8 Å². The Bertz CT molecular complexity index is 944. The maximum Gasteiger partial charge on any atom is 0.289 e. The van der Waals surface area contributed by atoms with E-state index in [-0.39, 0.29) is 17.1 Å². The van der Waals surface area contributed by atoms with Gasteiger partial charge in [0.05, 0.1) is 12.0 Å². The summed E-state index contributed by atoms with van der Waals surface area (Å²) in [5.41, 5.74) is 1.15. The highest BCUT2D eigenvalue weighted by molar-refractivity contribution is 5.93. The number of rotatable bonds is 5. The minimum atomic E-state index is -0.336. The molecule has 5 nitrogen and oxygen atoms in total. The minimum absolute atomic E-state index is 0.0390. The number of hydrogen-bond acceptors (Lipinski definition) is 4. The molecule has 1 amide bonds. The summed E-state index contributed by atoms with van der Waals surface area (Å²) in [6.45, 7) is 2.94. The van der Waals surface area contributed by atoms with Crippen LogP contribution >= 0.6 is 0 Å². The van der Waals surface area contributed by atoms with Crippen LogP contribution in [-0.2, 0) is 6.54 Å². The van der Waals surface area contributed by atoms with E-state index in [1.165, 1.54) is 11.0 Å². The van der Waals surface area contributed by atoms with E-state index in [9.17, 15) is 9.59 Å². The van der Waals surface area contributed by atoms with Gasteiger partial charge in [-0.25, -0.2) is 0 Å². The molecule has 0 aliphatic heterocycles. The third-order valence-corrected chi connectivity index (χ3v) is 3.85. The Kier molecular flexibility index (Phi) is 4.84. The molecule has 25 heavy (non-hydrogen) atoms. The van der Waals surface area contributed by atoms with Crippen LogP contribution in [0.15, 0.2) is 63.8 Å². The third-order valence-electron chi connectivity index (χ3n) is 3.85. The highest BCUT2D eigenvalue weighted by Crippen LogP contribution is 2.16. The number of benzene rings is 2. The number of carbonyl (C=O) groups excluding carboxylic acids is 1. The first-order valence-corrected chi connectivity index (χ1v) is 8.08. The first-order valence-electron chi connectivity index (χ1n) is 8.08. The van der Waals surface area contributed by atoms with Crippen molar-refractivity contribution in [3.63, 3.8) is 0 Å². The summed E-state index contributed by atoms with van der Waals surface area (Å²) >= 11 is 0. The van der Waals surface area contributed by atoms with E-state index in [4.69, 9.17) is 9.15 Å². The Hall–Kier alpha value is -3.08. The predicted octanol–water partition coefficient (Wildman–Crippen LogP) is 3.46. The van der Waals surface area contributed by atoms with Gasteiger partial charge in [0.15, 0.2) is 11.2 Å². The van der Waals surface area contributed by atoms with E-state index in [0.717, 1.165) is 11.3 Å². The molecule has 0 atom stereocenters. The quantitative estimate of drug-likeness (QED) is 0.715. The summed E-state index contributed by atoms with van der Waals surface area (Å²) < 4.78 is 11.0. The van der Waals surface area contributed by atoms with Gasteiger partial charge in [-0.3, -0.25) is 9.59 Å². The molecule has 1 heterocycles. The highest BCUT2D eigenvalue weighted by Gasteiger charge is 2.17. The Morgan fingerprint density at radius 1 is 1.12 bits per heavy atom. The van der Waals surface area contributed by atoms with Crippen molar-refractivity contribution in [2.75, 3.05) is 13.7 Å². The Labute approximate surface area is 145 Å². The van der Waals surface area contributed by atoms with Crippen molar-refractivity contribution in [2.45, 2.75) is 13.5 Å². The number of para-hydroxylation sites is 1. The lowest BCUT2D eigenvalue weighted by Gasteiger charge is -2.17. The number of ether oxygens (including phenoxy) is 1. The van der Waals surface area contributed by atoms with Gasteiger partial charge < -0.3 is 14.1 Å². The molecule has 0 saturated heterocycles. The van der Waals surface area contributed by atoms with E-state index < -0.39 is 0 Å². The fourth-order valence-corrected chi connectivity index (χ4v) is 2.60. The van der Waals surface area contributed by atoms with Crippen molar-refractivity contribution in [1.82, 2.24) is 4.90 Å². The van der Waals surface area contributed by atoms with Crippen LogP contribution in [0.2, 0.25) is 0 Å². The summed E-state index contributed by atoms with van der Waals surface area (Å²) in [6, 6.07) is 15.7. The number of amides is 1. The zero-order valence-electron chi connectivity index (χ0n) is 14.2. The predicted molar refractivity (Wildman–Crippen MR) is 95.9 cm³/mol. The summed E-state index contributed by atoms with van der Waals surface area (Å²) in [7, 11) is 1.67. The SMILES string of the molecule is CCOc1ccc(CN(C)C(=O)c2cc(=O)c3ccccc3o2)cc1. The zero-order chi connectivity index (χ0) is 17.8. The van der Waals surface area contributed by atoms with Crippen molar-refractivity contribution in [3.8, 4) is 5.75 Å². The normalized spacial score (nSPS) is 10.6. The van der Waals surface area contributed by atoms with Gasteiger partial charge in [0.2, 0.25) is 0 Å². The maximum absolute atomic E-state index is 12.6. The standard InChI is InChI=1S/C20H19NO4/c1-3-24-15-10-8-14(9-11-15)13-21(2)20(23)19-12-17(22)16-6-4-5-7-18(16)25-19/h4-12H,3,13H2,1-2H3. The summed E-state index contributed by atoms with van der Waals surface area (Å²) in [5.74, 6) is 0.495. The van der Waals surface area contributed by atoms with Gasteiger partial charge >= 0.3 is 0 Å². The Morgan fingerprint density at radius 3 is 2.56 bits per heavy atom. The van der Waals surface area contributed by atoms with Gasteiger partial charge in [-0.15, -0.1) is 0 Å². The van der Waals surface area contributed by atoms with Crippen LogP contribution in [-0.4, -0.2) is 24.5 Å². The van der Waals surface area contributed by atoms with Crippen LogP contribution in [0.1, 0.15) is 23.0 Å². The van der Waals surface area contributed by atoms with E-state index >= 15 is 0 Å². The molecule has 0 aliphatic rings. The molecule has 0 aliphatic carbocycles. The van der Waals surface area contributed by atoms with Gasteiger partial charge in [-0.1, -0.05) is 24.3 Å². The van der Waals surface area contributed by atoms with Crippen molar-refractivity contribution in [2.24, 2.45) is 0 Å². The second kappa shape index (κ2) is 7.21. The second-order valence-electron chi connectivity index (χ2n) is 5.71. The lowest BCUT2D eigenvalue weighted by molar-refractivity contribution is 0.0754. The van der Waals surface area contributed by atoms with Crippen molar-refractivity contribution < 1.29 is 13.9 Å². The highest BCUT2D eigenvalue weighted by atomic mass is 16.5. The number of carbonyl (C=O) groups is 1. The van der Waals surface area contributed by atoms with E-state index in [2.05, 4.69) is 0 Å². The number of hydrogen-bond donors (Lipinski definition) is 0. The van der Waals surface area contributed by atoms with Crippen LogP contribution in [0.3, 0.4) is 0 Å². The molecule has 1 aromatic heterocycles. The van der Waals surface area contributed by atoms with Gasteiger partial charge in [0.25, 0.3) is 5.91 Å². The molecular formula is C20H19NO4. The summed E-state index contributed by atoms with van der Waals surface area (Å²) in [4.78, 5) is 26.2. The van der Waals surface area contributed by atoms with Crippen LogP contribution in [0.4, 0.5) is 0 Å². The first kappa shape index (κ1) is 16.8. The molecule has 3 rings (SSSR count). The van der Waals surface area contributed by atoms with Crippen molar-refractivity contribution in [1.29, 1.82) is 0 Å². The molecule has 3 aromatic rings. The van der Waals surface area contributed by atoms with Crippen LogP contribution in [0, 0.1) is 0 Å². The van der Waals surface area contributed by atoms with E-state index in [1.54, 1.807) is 31.3 Å². The van der Waals surface area contributed by atoms with Gasteiger partial charge in [-0.05, 0) is 36.8 Å². The summed E-state index contributed by atoms with van der Waals surface area (Å²) in [6.07, 6.45) is 0. The van der Waals surface area contributed by atoms with Crippen LogP contribution < -0.4 is 10.2 Å². The van der Waals surface area contributed by atoms with Crippen LogP contribution in [0.25, 0.3) is 11.0 Å². The molecule has 5 heteroatoms. The average molecular weight is 337 g/mol. The Balaban J connectivity index is 1.79. The lowest BCUT2D eigenvalue weighted by Crippen LogP contribution is -2.27. The molecule has 0 N–H and O–H groups in total. The molecule has 0 bridgehead atoms. The van der Waals surface area contributed by atoms with E-state index in [0.29, 0.717) is 24.1 Å². The van der Waals surface area contributed by atoms with Crippen molar-refractivity contribution >= 4 is 16.9 Å². The van der Waals surface area contributed by atoms with Gasteiger partial charge in [-0.2, -0.15) is 0 Å². The summed E-state index contributed by atoms with van der Waals surface area (Å²) in [5, 5.41) is 0.466. The molecule has 0 saturated carbocycles. The smallest absolute Gasteiger partial charge is 0.289 e. The minimum Gasteiger partial charge on any atom is -0.494 e. The molecule has 0 fully saturated rings.